The fourth-order valence-electron chi connectivity index (χ4n) is 3.00. The summed E-state index contributed by atoms with van der Waals surface area (Å²) >= 11 is 0. The minimum Gasteiger partial charge on any atom is -0.389 e. The molecule has 1 saturated carbocycles. The molecule has 1 unspecified atom stereocenters. The summed E-state index contributed by atoms with van der Waals surface area (Å²) < 4.78 is 0. The molecule has 1 saturated heterocycles. The van der Waals surface area contributed by atoms with Crippen LogP contribution >= 0.6 is 0 Å². The lowest BCUT2D eigenvalue weighted by atomic mass is 9.96. The molecular formula is C15H30N2O. The van der Waals surface area contributed by atoms with Crippen LogP contribution in [0.25, 0.3) is 0 Å². The van der Waals surface area contributed by atoms with E-state index in [2.05, 4.69) is 24.1 Å². The molecule has 3 heteroatoms. The highest BCUT2D eigenvalue weighted by molar-refractivity contribution is 4.92. The maximum atomic E-state index is 10.5. The van der Waals surface area contributed by atoms with Crippen LogP contribution in [-0.2, 0) is 0 Å². The molecule has 0 aromatic carbocycles. The van der Waals surface area contributed by atoms with E-state index in [4.69, 9.17) is 0 Å². The van der Waals surface area contributed by atoms with Gasteiger partial charge in [-0.2, -0.15) is 0 Å². The van der Waals surface area contributed by atoms with Crippen molar-refractivity contribution in [3.8, 4) is 0 Å². The average molecular weight is 254 g/mol. The van der Waals surface area contributed by atoms with E-state index in [0.717, 1.165) is 32.0 Å². The fraction of sp³-hybridized carbons (Fsp3) is 1.00. The molecule has 2 aliphatic rings. The number of nitrogens with one attached hydrogen (secondary N) is 1. The van der Waals surface area contributed by atoms with E-state index >= 15 is 0 Å². The monoisotopic (exact) mass is 254 g/mol. The van der Waals surface area contributed by atoms with Crippen LogP contribution in [0.2, 0.25) is 0 Å². The van der Waals surface area contributed by atoms with Gasteiger partial charge in [0.2, 0.25) is 0 Å². The van der Waals surface area contributed by atoms with Crippen molar-refractivity contribution in [1.29, 1.82) is 0 Å². The number of hydrogen-bond acceptors (Lipinski definition) is 3. The van der Waals surface area contributed by atoms with E-state index in [1.54, 1.807) is 0 Å². The van der Waals surface area contributed by atoms with Gasteiger partial charge >= 0.3 is 0 Å². The molecule has 0 bridgehead atoms. The summed E-state index contributed by atoms with van der Waals surface area (Å²) in [5.41, 5.74) is -0.475. The first-order chi connectivity index (χ1) is 8.67. The van der Waals surface area contributed by atoms with Gasteiger partial charge in [0.15, 0.2) is 0 Å². The van der Waals surface area contributed by atoms with Gasteiger partial charge in [0.05, 0.1) is 5.60 Å². The largest absolute Gasteiger partial charge is 0.389 e. The normalized spacial score (nSPS) is 25.7. The van der Waals surface area contributed by atoms with E-state index < -0.39 is 5.60 Å². The third-order valence-electron chi connectivity index (χ3n) is 4.74. The summed E-state index contributed by atoms with van der Waals surface area (Å²) in [7, 11) is 0. The van der Waals surface area contributed by atoms with Crippen molar-refractivity contribution < 1.29 is 5.11 Å². The first kappa shape index (κ1) is 14.3. The van der Waals surface area contributed by atoms with Gasteiger partial charge in [-0.25, -0.2) is 0 Å². The van der Waals surface area contributed by atoms with Gasteiger partial charge in [-0.15, -0.1) is 0 Å². The molecule has 2 rings (SSSR count). The standard InChI is InChI=1S/C15H30N2O/c1-3-15(18,4-2)12-17(14-8-9-14)11-13-7-5-6-10-16-13/h13-14,16,18H,3-12H2,1-2H3. The zero-order valence-electron chi connectivity index (χ0n) is 12.1. The molecule has 1 heterocycles. The zero-order chi connectivity index (χ0) is 13.0. The summed E-state index contributed by atoms with van der Waals surface area (Å²) in [6.45, 7) is 7.38. The molecule has 1 aliphatic heterocycles. The van der Waals surface area contributed by atoms with Crippen LogP contribution in [0.15, 0.2) is 0 Å². The predicted molar refractivity (Wildman–Crippen MR) is 75.8 cm³/mol. The maximum absolute atomic E-state index is 10.5. The topological polar surface area (TPSA) is 35.5 Å². The molecule has 0 amide bonds. The Kier molecular flexibility index (Phi) is 5.05. The van der Waals surface area contributed by atoms with Gasteiger partial charge in [0.1, 0.15) is 0 Å². The number of rotatable bonds is 7. The van der Waals surface area contributed by atoms with Crippen LogP contribution < -0.4 is 5.32 Å². The van der Waals surface area contributed by atoms with Gasteiger partial charge in [-0.1, -0.05) is 20.3 Å². The maximum Gasteiger partial charge on any atom is 0.0769 e. The van der Waals surface area contributed by atoms with E-state index in [0.29, 0.717) is 6.04 Å². The third kappa shape index (κ3) is 3.94. The first-order valence-corrected chi connectivity index (χ1v) is 7.86. The molecule has 106 valence electrons. The van der Waals surface area contributed by atoms with Crippen LogP contribution in [0.1, 0.15) is 58.8 Å². The SMILES string of the molecule is CCC(O)(CC)CN(CC1CCCCN1)C1CC1. The summed E-state index contributed by atoms with van der Waals surface area (Å²) in [5.74, 6) is 0. The molecule has 0 aromatic heterocycles. The lowest BCUT2D eigenvalue weighted by Gasteiger charge is -2.36. The highest BCUT2D eigenvalue weighted by Crippen LogP contribution is 2.30. The minimum absolute atomic E-state index is 0.475. The van der Waals surface area contributed by atoms with E-state index in [9.17, 15) is 5.11 Å². The fourth-order valence-corrected chi connectivity index (χ4v) is 3.00. The Bertz CT molecular complexity index is 243. The molecule has 2 fully saturated rings. The van der Waals surface area contributed by atoms with Crippen molar-refractivity contribution in [3.63, 3.8) is 0 Å². The van der Waals surface area contributed by atoms with Gasteiger partial charge in [-0.05, 0) is 45.1 Å². The molecule has 0 spiro atoms. The Morgan fingerprint density at radius 1 is 1.17 bits per heavy atom. The first-order valence-electron chi connectivity index (χ1n) is 7.86. The molecule has 0 radical (unpaired) electrons. The van der Waals surface area contributed by atoms with Crippen LogP contribution in [0.5, 0.6) is 0 Å². The molecule has 3 nitrogen and oxygen atoms in total. The minimum atomic E-state index is -0.475. The summed E-state index contributed by atoms with van der Waals surface area (Å²) in [6.07, 6.45) is 8.39. The van der Waals surface area contributed by atoms with E-state index in [1.807, 2.05) is 0 Å². The number of nitrogens with zero attached hydrogens (tertiary/aromatic N) is 1. The highest BCUT2D eigenvalue weighted by Gasteiger charge is 2.35. The quantitative estimate of drug-likeness (QED) is 0.731. The molecule has 0 aromatic rings. The van der Waals surface area contributed by atoms with Crippen molar-refractivity contribution in [2.24, 2.45) is 0 Å². The Morgan fingerprint density at radius 3 is 2.39 bits per heavy atom. The Balaban J connectivity index is 1.87. The molecule has 2 N–H and O–H groups in total. The Labute approximate surface area is 112 Å². The van der Waals surface area contributed by atoms with Crippen molar-refractivity contribution in [2.45, 2.75) is 76.5 Å². The zero-order valence-corrected chi connectivity index (χ0v) is 12.1. The van der Waals surface area contributed by atoms with Crippen LogP contribution in [0.4, 0.5) is 0 Å². The summed E-state index contributed by atoms with van der Waals surface area (Å²) in [5, 5.41) is 14.2. The van der Waals surface area contributed by atoms with Gasteiger partial charge in [0.25, 0.3) is 0 Å². The second-order valence-corrected chi connectivity index (χ2v) is 6.24. The predicted octanol–water partition coefficient (Wildman–Crippen LogP) is 2.14. The van der Waals surface area contributed by atoms with Gasteiger partial charge in [0, 0.05) is 25.2 Å². The van der Waals surface area contributed by atoms with Crippen molar-refractivity contribution in [1.82, 2.24) is 10.2 Å². The van der Waals surface area contributed by atoms with Crippen LogP contribution in [0, 0.1) is 0 Å². The lowest BCUT2D eigenvalue weighted by molar-refractivity contribution is -0.00860. The third-order valence-corrected chi connectivity index (χ3v) is 4.74. The van der Waals surface area contributed by atoms with E-state index in [-0.39, 0.29) is 0 Å². The number of piperidine rings is 1. The molecular weight excluding hydrogens is 224 g/mol. The summed E-state index contributed by atoms with van der Waals surface area (Å²) in [6, 6.07) is 1.40. The van der Waals surface area contributed by atoms with Crippen molar-refractivity contribution in [3.05, 3.63) is 0 Å². The Morgan fingerprint density at radius 2 is 1.89 bits per heavy atom. The van der Waals surface area contributed by atoms with Crippen LogP contribution in [-0.4, -0.2) is 47.3 Å². The Hall–Kier alpha value is -0.120. The van der Waals surface area contributed by atoms with Crippen LogP contribution in [0.3, 0.4) is 0 Å². The van der Waals surface area contributed by atoms with Crippen molar-refractivity contribution >= 4 is 0 Å². The summed E-state index contributed by atoms with van der Waals surface area (Å²) in [4.78, 5) is 2.55. The van der Waals surface area contributed by atoms with Gasteiger partial charge < -0.3 is 10.4 Å². The second-order valence-electron chi connectivity index (χ2n) is 6.24. The lowest BCUT2D eigenvalue weighted by Crippen LogP contribution is -2.49. The average Bonchev–Trinajstić information content (AvgIpc) is 3.23. The molecule has 18 heavy (non-hydrogen) atoms. The molecule has 1 atom stereocenters. The van der Waals surface area contributed by atoms with E-state index in [1.165, 1.54) is 38.6 Å². The highest BCUT2D eigenvalue weighted by atomic mass is 16.3. The smallest absolute Gasteiger partial charge is 0.0769 e. The second kappa shape index (κ2) is 6.36. The number of hydrogen-bond donors (Lipinski definition) is 2. The van der Waals surface area contributed by atoms with Crippen molar-refractivity contribution in [2.75, 3.05) is 19.6 Å². The van der Waals surface area contributed by atoms with Gasteiger partial charge in [-0.3, -0.25) is 4.90 Å². The number of aliphatic hydroxyl groups is 1. The molecule has 1 aliphatic carbocycles.